The van der Waals surface area contributed by atoms with E-state index in [1.807, 2.05) is 44.2 Å². The highest BCUT2D eigenvalue weighted by Crippen LogP contribution is 2.33. The van der Waals surface area contributed by atoms with Crippen molar-refractivity contribution >= 4 is 16.7 Å². The van der Waals surface area contributed by atoms with Gasteiger partial charge in [0.1, 0.15) is 11.6 Å². The molecule has 1 aromatic heterocycles. The molecule has 0 atom stereocenters. The number of nitrogens with zero attached hydrogens (tertiary/aromatic N) is 1. The maximum atomic E-state index is 6.09. The summed E-state index contributed by atoms with van der Waals surface area (Å²) >= 11 is 0. The highest BCUT2D eigenvalue weighted by atomic mass is 16.5. The number of nitrogens with one attached hydrogen (secondary N) is 1. The third-order valence-corrected chi connectivity index (χ3v) is 3.63. The smallest absolute Gasteiger partial charge is 0.163 e. The van der Waals surface area contributed by atoms with Crippen molar-refractivity contribution in [3.63, 3.8) is 0 Å². The van der Waals surface area contributed by atoms with Gasteiger partial charge in [-0.3, -0.25) is 0 Å². The first-order valence-electron chi connectivity index (χ1n) is 7.70. The molecule has 0 aliphatic rings. The van der Waals surface area contributed by atoms with Gasteiger partial charge in [0, 0.05) is 17.7 Å². The van der Waals surface area contributed by atoms with Crippen LogP contribution < -0.4 is 19.9 Å². The molecule has 24 heavy (non-hydrogen) atoms. The van der Waals surface area contributed by atoms with E-state index in [1.165, 1.54) is 0 Å². The van der Waals surface area contributed by atoms with E-state index in [-0.39, 0.29) is 6.10 Å². The van der Waals surface area contributed by atoms with Crippen LogP contribution in [0.5, 0.6) is 17.2 Å². The minimum absolute atomic E-state index is 0.0734. The molecular weight excluding hydrogens is 306 g/mol. The number of nitrogen functional groups attached to an aromatic ring is 1. The second-order valence-corrected chi connectivity index (χ2v) is 5.73. The molecule has 0 aliphatic carbocycles. The van der Waals surface area contributed by atoms with E-state index in [9.17, 15) is 0 Å². The van der Waals surface area contributed by atoms with Gasteiger partial charge in [-0.1, -0.05) is 0 Å². The SMILES string of the molecule is COc1cc2nc(-c3ccc(OC(C)C)c(N)c3)[nH]c2cc1OC. The first kappa shape index (κ1) is 16.0. The fraction of sp³-hybridized carbons (Fsp3) is 0.278. The number of aromatic nitrogens is 2. The average Bonchev–Trinajstić information content (AvgIpc) is 2.97. The standard InChI is InChI=1S/C18H21N3O3/c1-10(2)24-15-6-5-11(7-12(15)19)18-20-13-8-16(22-3)17(23-4)9-14(13)21-18/h5-10H,19H2,1-4H3,(H,20,21). The Morgan fingerprint density at radius 2 is 1.71 bits per heavy atom. The van der Waals surface area contributed by atoms with Crippen LogP contribution in [0.4, 0.5) is 5.69 Å². The van der Waals surface area contributed by atoms with Crippen molar-refractivity contribution in [3.05, 3.63) is 30.3 Å². The first-order chi connectivity index (χ1) is 11.5. The number of ether oxygens (including phenoxy) is 3. The Kier molecular flexibility index (Phi) is 4.20. The fourth-order valence-corrected chi connectivity index (χ4v) is 2.53. The number of anilines is 1. The van der Waals surface area contributed by atoms with Crippen molar-refractivity contribution in [1.82, 2.24) is 9.97 Å². The number of rotatable bonds is 5. The van der Waals surface area contributed by atoms with Crippen LogP contribution in [0.3, 0.4) is 0 Å². The molecule has 0 spiro atoms. The molecule has 3 rings (SSSR count). The van der Waals surface area contributed by atoms with Gasteiger partial charge in [-0.05, 0) is 32.0 Å². The van der Waals surface area contributed by atoms with Crippen LogP contribution in [-0.4, -0.2) is 30.3 Å². The van der Waals surface area contributed by atoms with Crippen LogP contribution >= 0.6 is 0 Å². The lowest BCUT2D eigenvalue weighted by molar-refractivity contribution is 0.244. The number of nitrogens with two attached hydrogens (primary N) is 1. The van der Waals surface area contributed by atoms with Gasteiger partial charge in [-0.2, -0.15) is 0 Å². The molecule has 1 heterocycles. The Morgan fingerprint density at radius 3 is 2.33 bits per heavy atom. The molecule has 3 N–H and O–H groups in total. The molecule has 6 nitrogen and oxygen atoms in total. The van der Waals surface area contributed by atoms with Crippen LogP contribution in [0.2, 0.25) is 0 Å². The summed E-state index contributed by atoms with van der Waals surface area (Å²) in [6.45, 7) is 3.93. The van der Waals surface area contributed by atoms with Gasteiger partial charge in [0.25, 0.3) is 0 Å². The van der Waals surface area contributed by atoms with Gasteiger partial charge in [0.15, 0.2) is 11.5 Å². The summed E-state index contributed by atoms with van der Waals surface area (Å²) in [5.41, 5.74) is 9.21. The molecule has 2 aromatic carbocycles. The Balaban J connectivity index is 2.01. The summed E-state index contributed by atoms with van der Waals surface area (Å²) < 4.78 is 16.3. The van der Waals surface area contributed by atoms with Gasteiger partial charge in [0.2, 0.25) is 0 Å². The number of H-pyrrole nitrogens is 1. The van der Waals surface area contributed by atoms with Crippen molar-refractivity contribution in [2.75, 3.05) is 20.0 Å². The largest absolute Gasteiger partial charge is 0.493 e. The van der Waals surface area contributed by atoms with E-state index in [0.717, 1.165) is 22.4 Å². The van der Waals surface area contributed by atoms with E-state index < -0.39 is 0 Å². The average molecular weight is 327 g/mol. The minimum Gasteiger partial charge on any atom is -0.493 e. The maximum absolute atomic E-state index is 6.09. The second-order valence-electron chi connectivity index (χ2n) is 5.73. The number of aromatic amines is 1. The molecule has 0 aliphatic heterocycles. The van der Waals surface area contributed by atoms with Crippen LogP contribution in [0.15, 0.2) is 30.3 Å². The Hall–Kier alpha value is -2.89. The first-order valence-corrected chi connectivity index (χ1v) is 7.70. The quantitative estimate of drug-likeness (QED) is 0.699. The number of imidazole rings is 1. The lowest BCUT2D eigenvalue weighted by Crippen LogP contribution is -2.07. The van der Waals surface area contributed by atoms with Gasteiger partial charge >= 0.3 is 0 Å². The van der Waals surface area contributed by atoms with Crippen LogP contribution in [0.1, 0.15) is 13.8 Å². The zero-order valence-corrected chi connectivity index (χ0v) is 14.2. The summed E-state index contributed by atoms with van der Waals surface area (Å²) in [4.78, 5) is 7.89. The van der Waals surface area contributed by atoms with E-state index in [4.69, 9.17) is 19.9 Å². The maximum Gasteiger partial charge on any atom is 0.163 e. The summed E-state index contributed by atoms with van der Waals surface area (Å²) in [6.07, 6.45) is 0.0734. The molecule has 0 saturated carbocycles. The monoisotopic (exact) mass is 327 g/mol. The third-order valence-electron chi connectivity index (χ3n) is 3.63. The molecule has 0 saturated heterocycles. The number of hydrogen-bond acceptors (Lipinski definition) is 5. The number of benzene rings is 2. The number of fused-ring (bicyclic) bond motifs is 1. The molecule has 0 radical (unpaired) electrons. The third kappa shape index (κ3) is 2.95. The molecule has 126 valence electrons. The van der Waals surface area contributed by atoms with E-state index in [2.05, 4.69) is 9.97 Å². The van der Waals surface area contributed by atoms with Gasteiger partial charge in [0.05, 0.1) is 37.0 Å². The van der Waals surface area contributed by atoms with Crippen molar-refractivity contribution < 1.29 is 14.2 Å². The van der Waals surface area contributed by atoms with E-state index in [0.29, 0.717) is 22.9 Å². The fourth-order valence-electron chi connectivity index (χ4n) is 2.53. The molecular formula is C18H21N3O3. The summed E-state index contributed by atoms with van der Waals surface area (Å²) in [5, 5.41) is 0. The molecule has 3 aromatic rings. The Bertz CT molecular complexity index is 830. The van der Waals surface area contributed by atoms with E-state index >= 15 is 0 Å². The van der Waals surface area contributed by atoms with Crippen molar-refractivity contribution in [2.24, 2.45) is 0 Å². The van der Waals surface area contributed by atoms with Crippen molar-refractivity contribution in [3.8, 4) is 28.6 Å². The molecule has 0 unspecified atom stereocenters. The molecule has 0 amide bonds. The topological polar surface area (TPSA) is 82.4 Å². The predicted octanol–water partition coefficient (Wildman–Crippen LogP) is 3.62. The zero-order valence-electron chi connectivity index (χ0n) is 14.2. The van der Waals surface area contributed by atoms with Gasteiger partial charge < -0.3 is 24.9 Å². The molecule has 0 bridgehead atoms. The lowest BCUT2D eigenvalue weighted by Gasteiger charge is -2.12. The summed E-state index contributed by atoms with van der Waals surface area (Å²) in [6, 6.07) is 9.35. The van der Waals surface area contributed by atoms with Crippen LogP contribution in [-0.2, 0) is 0 Å². The number of methoxy groups -OCH3 is 2. The summed E-state index contributed by atoms with van der Waals surface area (Å²) in [7, 11) is 3.21. The zero-order chi connectivity index (χ0) is 17.3. The predicted molar refractivity (Wildman–Crippen MR) is 94.8 cm³/mol. The Morgan fingerprint density at radius 1 is 1.00 bits per heavy atom. The van der Waals surface area contributed by atoms with Gasteiger partial charge in [-0.15, -0.1) is 0 Å². The van der Waals surface area contributed by atoms with Crippen LogP contribution in [0, 0.1) is 0 Å². The minimum atomic E-state index is 0.0734. The van der Waals surface area contributed by atoms with Crippen molar-refractivity contribution in [2.45, 2.75) is 20.0 Å². The Labute approximate surface area is 140 Å². The van der Waals surface area contributed by atoms with Crippen molar-refractivity contribution in [1.29, 1.82) is 0 Å². The summed E-state index contributed by atoms with van der Waals surface area (Å²) in [5.74, 6) is 2.69. The van der Waals surface area contributed by atoms with Crippen LogP contribution in [0.25, 0.3) is 22.4 Å². The molecule has 0 fully saturated rings. The second kappa shape index (κ2) is 6.31. The van der Waals surface area contributed by atoms with Gasteiger partial charge in [-0.25, -0.2) is 4.98 Å². The highest BCUT2D eigenvalue weighted by molar-refractivity contribution is 5.83. The number of hydrogen-bond donors (Lipinski definition) is 2. The van der Waals surface area contributed by atoms with E-state index in [1.54, 1.807) is 14.2 Å². The highest BCUT2D eigenvalue weighted by Gasteiger charge is 2.12. The normalized spacial score (nSPS) is 11.0. The molecule has 6 heteroatoms. The lowest BCUT2D eigenvalue weighted by atomic mass is 10.2.